The van der Waals surface area contributed by atoms with Gasteiger partial charge in [-0.05, 0) is 111 Å². The van der Waals surface area contributed by atoms with Crippen molar-refractivity contribution in [2.75, 3.05) is 26.2 Å². The van der Waals surface area contributed by atoms with Crippen LogP contribution in [0, 0.1) is 11.8 Å². The van der Waals surface area contributed by atoms with E-state index in [1.54, 1.807) is 6.07 Å². The molecule has 2 saturated heterocycles. The largest absolute Gasteiger partial charge is 0.504 e. The number of aromatic hydroxyl groups is 1. The van der Waals surface area contributed by atoms with Crippen LogP contribution < -0.4 is 9.47 Å². The maximum absolute atomic E-state index is 13.5. The molecule has 13 rings (SSSR count). The second-order valence-corrected chi connectivity index (χ2v) is 17.6. The predicted molar refractivity (Wildman–Crippen MR) is 176 cm³/mol. The van der Waals surface area contributed by atoms with Gasteiger partial charge in [-0.25, -0.2) is 0 Å². The molecule has 4 fully saturated rings. The number of rotatable bonds is 4. The zero-order valence-corrected chi connectivity index (χ0v) is 27.3. The lowest BCUT2D eigenvalue weighted by Gasteiger charge is -2.63. The van der Waals surface area contributed by atoms with E-state index >= 15 is 0 Å². The van der Waals surface area contributed by atoms with Gasteiger partial charge in [0, 0.05) is 49.1 Å². The molecule has 8 nitrogen and oxygen atoms in total. The van der Waals surface area contributed by atoms with Crippen LogP contribution in [0.5, 0.6) is 17.2 Å². The van der Waals surface area contributed by atoms with Gasteiger partial charge in [0.15, 0.2) is 23.7 Å². The molecule has 8 heteroatoms. The SMILES string of the molecule is Oc1ccc2c3c1O[C@H]1c4[nH]c5c(c4C[C@@]4(O)[C@H](C2)N(CC2CC2)CC[C@]314)C[C@@]1(O)[C@H]2Cc3cccc4c3[C@@]1(CCN2CC1CC1)[C@H]5O4. The zero-order chi connectivity index (χ0) is 31.5. The van der Waals surface area contributed by atoms with Crippen molar-refractivity contribution in [3.63, 3.8) is 0 Å². The number of aromatic nitrogens is 1. The number of hydrogen-bond donors (Lipinski definition) is 4. The summed E-state index contributed by atoms with van der Waals surface area (Å²) in [7, 11) is 0. The highest BCUT2D eigenvalue weighted by Gasteiger charge is 2.76. The van der Waals surface area contributed by atoms with E-state index in [4.69, 9.17) is 9.47 Å². The molecule has 3 aromatic rings. The van der Waals surface area contributed by atoms with Gasteiger partial charge >= 0.3 is 0 Å². The first-order valence-electron chi connectivity index (χ1n) is 18.8. The smallest absolute Gasteiger partial charge is 0.166 e. The molecule has 2 aromatic carbocycles. The molecular formula is C40H43N3O5. The van der Waals surface area contributed by atoms with E-state index in [1.807, 2.05) is 0 Å². The highest BCUT2D eigenvalue weighted by Crippen LogP contribution is 2.72. The van der Waals surface area contributed by atoms with Crippen molar-refractivity contribution in [1.82, 2.24) is 14.8 Å². The Morgan fingerprint density at radius 2 is 1.31 bits per heavy atom. The number of phenols is 1. The number of piperidine rings is 2. The molecule has 0 amide bonds. The maximum Gasteiger partial charge on any atom is 0.166 e. The minimum atomic E-state index is -1.05. The van der Waals surface area contributed by atoms with Crippen molar-refractivity contribution in [3.8, 4) is 17.2 Å². The minimum absolute atomic E-state index is 0.0182. The van der Waals surface area contributed by atoms with Crippen LogP contribution >= 0.6 is 0 Å². The Bertz CT molecular complexity index is 2000. The van der Waals surface area contributed by atoms with E-state index in [9.17, 15) is 15.3 Å². The summed E-state index contributed by atoms with van der Waals surface area (Å²) in [6.45, 7) is 4.03. The van der Waals surface area contributed by atoms with E-state index < -0.39 is 28.1 Å². The van der Waals surface area contributed by atoms with E-state index in [1.165, 1.54) is 42.4 Å². The minimum Gasteiger partial charge on any atom is -0.504 e. The van der Waals surface area contributed by atoms with Gasteiger partial charge in [0.2, 0.25) is 0 Å². The summed E-state index contributed by atoms with van der Waals surface area (Å²) in [5.41, 5.74) is 6.06. The average molecular weight is 646 g/mol. The summed E-state index contributed by atoms with van der Waals surface area (Å²) in [5, 5.41) is 38.2. The number of aliphatic hydroxyl groups is 2. The van der Waals surface area contributed by atoms with Gasteiger partial charge in [-0.15, -0.1) is 0 Å². The van der Waals surface area contributed by atoms with Gasteiger partial charge in [0.05, 0.1) is 33.4 Å². The molecule has 0 unspecified atom stereocenters. The molecule has 0 radical (unpaired) electrons. The van der Waals surface area contributed by atoms with Crippen LogP contribution in [0.1, 0.15) is 95.5 Å². The summed E-state index contributed by atoms with van der Waals surface area (Å²) in [5.74, 6) is 3.15. The van der Waals surface area contributed by atoms with Gasteiger partial charge in [0.25, 0.3) is 0 Å². The fourth-order valence-corrected chi connectivity index (χ4v) is 13.3. The van der Waals surface area contributed by atoms with E-state index in [0.29, 0.717) is 18.6 Å². The second kappa shape index (κ2) is 8.12. The number of ether oxygens (including phenoxy) is 2. The van der Waals surface area contributed by atoms with E-state index in [0.717, 1.165) is 97.5 Å². The van der Waals surface area contributed by atoms with Crippen molar-refractivity contribution in [1.29, 1.82) is 0 Å². The Balaban J connectivity index is 1.03. The number of hydrogen-bond acceptors (Lipinski definition) is 7. The average Bonchev–Trinajstić information content (AvgIpc) is 3.97. The molecular weight excluding hydrogens is 602 g/mol. The lowest BCUT2D eigenvalue weighted by Crippen LogP contribution is -2.75. The highest BCUT2D eigenvalue weighted by molar-refractivity contribution is 5.67. The summed E-state index contributed by atoms with van der Waals surface area (Å²) >= 11 is 0. The van der Waals surface area contributed by atoms with Crippen LogP contribution in [0.3, 0.4) is 0 Å². The normalized spacial score (nSPS) is 42.0. The Morgan fingerprint density at radius 1 is 0.729 bits per heavy atom. The van der Waals surface area contributed by atoms with E-state index in [-0.39, 0.29) is 23.9 Å². The van der Waals surface area contributed by atoms with Gasteiger partial charge in [-0.1, -0.05) is 18.2 Å². The summed E-state index contributed by atoms with van der Waals surface area (Å²) in [6.07, 6.45) is 8.80. The van der Waals surface area contributed by atoms with E-state index in [2.05, 4.69) is 39.0 Å². The highest BCUT2D eigenvalue weighted by atomic mass is 16.5. The fourth-order valence-electron chi connectivity index (χ4n) is 13.3. The number of phenolic OH excluding ortho intramolecular Hbond substituents is 1. The van der Waals surface area contributed by atoms with Crippen LogP contribution in [0.4, 0.5) is 0 Å². The summed E-state index contributed by atoms with van der Waals surface area (Å²) in [6, 6.07) is 10.4. The standard InChI is InChI=1S/C40H43N3O5/c44-26-9-8-23-15-29-40(46)17-25-24-16-39(45)28-14-22-2-1-3-27-30(22)37(39,10-12-42(28)18-20-4-5-20)35(47-27)32(24)41-33(25)36-38(40,31(23)34(26)48-36)11-13-43(29)19-21-6-7-21/h1-3,8-9,20-21,28-29,35-36,41,44-46H,4-7,10-19H2/t28-,29+,35+,36+,37+,38+,39-,40-/m1/s1. The summed E-state index contributed by atoms with van der Waals surface area (Å²) < 4.78 is 14.0. The Labute approximate surface area is 280 Å². The zero-order valence-electron chi connectivity index (χ0n) is 27.3. The quantitative estimate of drug-likeness (QED) is 0.339. The third-order valence-electron chi connectivity index (χ3n) is 15.6. The summed E-state index contributed by atoms with van der Waals surface area (Å²) in [4.78, 5) is 9.20. The number of H-pyrrole nitrogens is 1. The molecule has 4 bridgehead atoms. The molecule has 248 valence electrons. The molecule has 4 aliphatic heterocycles. The number of nitrogens with one attached hydrogen (secondary N) is 1. The molecule has 2 saturated carbocycles. The molecule has 5 heterocycles. The van der Waals surface area contributed by atoms with Crippen LogP contribution in [0.15, 0.2) is 30.3 Å². The molecule has 2 spiro atoms. The monoisotopic (exact) mass is 645 g/mol. The number of likely N-dealkylation sites (tertiary alicyclic amines) is 2. The fraction of sp³-hybridized carbons (Fsp3) is 0.600. The van der Waals surface area contributed by atoms with Crippen molar-refractivity contribution in [2.45, 2.75) is 111 Å². The second-order valence-electron chi connectivity index (χ2n) is 17.6. The predicted octanol–water partition coefficient (Wildman–Crippen LogP) is 4.12. The maximum atomic E-state index is 13.5. The first kappa shape index (κ1) is 26.8. The van der Waals surface area contributed by atoms with Crippen LogP contribution in [-0.2, 0) is 36.5 Å². The first-order chi connectivity index (χ1) is 23.3. The van der Waals surface area contributed by atoms with Gasteiger partial charge in [-0.2, -0.15) is 0 Å². The topological polar surface area (TPSA) is 101 Å². The van der Waals surface area contributed by atoms with Crippen molar-refractivity contribution in [3.05, 3.63) is 75.1 Å². The Hall–Kier alpha value is -3.04. The number of benzene rings is 2. The van der Waals surface area contributed by atoms with Gasteiger partial charge in [-0.3, -0.25) is 9.80 Å². The first-order valence-corrected chi connectivity index (χ1v) is 18.8. The molecule has 4 N–H and O–H groups in total. The van der Waals surface area contributed by atoms with Crippen molar-refractivity contribution < 1.29 is 24.8 Å². The number of fused-ring (bicyclic) bond motifs is 5. The third-order valence-corrected chi connectivity index (χ3v) is 15.6. The van der Waals surface area contributed by atoms with Crippen molar-refractivity contribution in [2.24, 2.45) is 11.8 Å². The number of aromatic amines is 1. The Morgan fingerprint density at radius 3 is 1.94 bits per heavy atom. The van der Waals surface area contributed by atoms with Crippen LogP contribution in [0.2, 0.25) is 0 Å². The number of nitrogens with zero attached hydrogens (tertiary/aromatic N) is 2. The van der Waals surface area contributed by atoms with Gasteiger partial charge < -0.3 is 29.8 Å². The van der Waals surface area contributed by atoms with Gasteiger partial charge in [0.1, 0.15) is 5.75 Å². The molecule has 48 heavy (non-hydrogen) atoms. The van der Waals surface area contributed by atoms with Crippen molar-refractivity contribution >= 4 is 0 Å². The molecule has 6 aliphatic carbocycles. The third kappa shape index (κ3) is 2.75. The van der Waals surface area contributed by atoms with Crippen LogP contribution in [-0.4, -0.2) is 79.6 Å². The lowest BCUT2D eigenvalue weighted by molar-refractivity contribution is -0.176. The lowest BCUT2D eigenvalue weighted by atomic mass is 9.47. The molecule has 8 atom stereocenters. The Kier molecular flexibility index (Phi) is 4.53. The molecule has 10 aliphatic rings. The van der Waals surface area contributed by atoms with Crippen LogP contribution in [0.25, 0.3) is 0 Å². The molecule has 1 aromatic heterocycles.